The number of hydrogen-bond donors (Lipinski definition) is 0. The summed E-state index contributed by atoms with van der Waals surface area (Å²) in [7, 11) is 1.76. The molecule has 1 atom stereocenters. The van der Waals surface area contributed by atoms with Crippen molar-refractivity contribution in [2.24, 2.45) is 0 Å². The molecule has 0 bridgehead atoms. The summed E-state index contributed by atoms with van der Waals surface area (Å²) < 4.78 is 5.76. The van der Waals surface area contributed by atoms with E-state index in [4.69, 9.17) is 4.74 Å². The van der Waals surface area contributed by atoms with Crippen molar-refractivity contribution in [1.82, 2.24) is 4.90 Å². The number of hydrogen-bond acceptors (Lipinski definition) is 2. The average molecular weight is 268 g/mol. The molecule has 2 nitrogen and oxygen atoms in total. The molecule has 1 fully saturated rings. The van der Waals surface area contributed by atoms with E-state index in [2.05, 4.69) is 33.9 Å². The molecule has 1 aliphatic heterocycles. The molecule has 0 aromatic rings. The summed E-state index contributed by atoms with van der Waals surface area (Å²) in [5, 5.41) is 0. The summed E-state index contributed by atoms with van der Waals surface area (Å²) in [5.41, 5.74) is 0. The average Bonchev–Trinajstić information content (AvgIpc) is 2.01. The highest BCUT2D eigenvalue weighted by atomic mass is 127. The van der Waals surface area contributed by atoms with Crippen LogP contribution in [0.4, 0.5) is 0 Å². The molecule has 11 heavy (non-hydrogen) atoms. The molecule has 65 valence electrons. The van der Waals surface area contributed by atoms with Gasteiger partial charge in [0.1, 0.15) is 0 Å². The highest BCUT2D eigenvalue weighted by Crippen LogP contribution is 2.15. The van der Waals surface area contributed by atoms with Gasteiger partial charge in [0, 0.05) is 24.1 Å². The van der Waals surface area contributed by atoms with Crippen molar-refractivity contribution in [2.75, 3.05) is 33.4 Å². The number of nitrogens with zero attached hydrogens (tertiary/aromatic N) is 1. The quantitative estimate of drug-likeness (QED) is 0.566. The van der Waals surface area contributed by atoms with Gasteiger partial charge in [0.25, 0.3) is 0 Å². The standard InChI is InChI=1S/C8H15INO/c1-11-6-5-10-4-2-3-8(9)7-10/h3,8H,2,4-7H2,1H3. The van der Waals surface area contributed by atoms with Crippen LogP contribution in [0.5, 0.6) is 0 Å². The number of ether oxygens (including phenoxy) is 1. The molecule has 1 aliphatic rings. The van der Waals surface area contributed by atoms with Gasteiger partial charge in [-0.3, -0.25) is 4.90 Å². The predicted molar refractivity (Wildman–Crippen MR) is 55.0 cm³/mol. The third-order valence-corrected chi connectivity index (χ3v) is 2.81. The molecule has 0 aromatic heterocycles. The maximum Gasteiger partial charge on any atom is 0.0589 e. The Bertz CT molecular complexity index is 110. The van der Waals surface area contributed by atoms with E-state index >= 15 is 0 Å². The molecule has 0 aromatic carbocycles. The van der Waals surface area contributed by atoms with Gasteiger partial charge in [-0.1, -0.05) is 22.6 Å². The van der Waals surface area contributed by atoms with Gasteiger partial charge in [-0.05, 0) is 19.4 Å². The van der Waals surface area contributed by atoms with Crippen molar-refractivity contribution in [1.29, 1.82) is 0 Å². The molecule has 0 spiro atoms. The molecule has 1 unspecified atom stereocenters. The molecule has 0 N–H and O–H groups in total. The number of alkyl halides is 1. The van der Waals surface area contributed by atoms with Crippen LogP contribution in [-0.2, 0) is 4.74 Å². The van der Waals surface area contributed by atoms with Crippen molar-refractivity contribution in [3.63, 3.8) is 0 Å². The predicted octanol–water partition coefficient (Wildman–Crippen LogP) is 1.35. The van der Waals surface area contributed by atoms with Crippen LogP contribution in [0, 0.1) is 6.42 Å². The summed E-state index contributed by atoms with van der Waals surface area (Å²) in [6.07, 6.45) is 3.63. The van der Waals surface area contributed by atoms with Gasteiger partial charge in [0.05, 0.1) is 6.61 Å². The Morgan fingerprint density at radius 3 is 3.18 bits per heavy atom. The van der Waals surface area contributed by atoms with E-state index in [1.165, 1.54) is 19.5 Å². The fraction of sp³-hybridized carbons (Fsp3) is 0.875. The van der Waals surface area contributed by atoms with Gasteiger partial charge in [-0.2, -0.15) is 0 Å². The van der Waals surface area contributed by atoms with E-state index in [9.17, 15) is 0 Å². The Hall–Kier alpha value is 0.650. The van der Waals surface area contributed by atoms with Gasteiger partial charge in [0.15, 0.2) is 0 Å². The molecule has 1 radical (unpaired) electrons. The van der Waals surface area contributed by atoms with Crippen LogP contribution >= 0.6 is 22.6 Å². The van der Waals surface area contributed by atoms with Gasteiger partial charge in [0.2, 0.25) is 0 Å². The minimum absolute atomic E-state index is 0.734. The van der Waals surface area contributed by atoms with Crippen molar-refractivity contribution >= 4 is 22.6 Å². The first-order valence-electron chi connectivity index (χ1n) is 4.01. The molecule has 0 aliphatic carbocycles. The smallest absolute Gasteiger partial charge is 0.0589 e. The number of halogens is 1. The van der Waals surface area contributed by atoms with E-state index in [1.807, 2.05) is 0 Å². The minimum atomic E-state index is 0.734. The Labute approximate surface area is 82.4 Å². The lowest BCUT2D eigenvalue weighted by molar-refractivity contribution is 0.144. The molecule has 1 saturated heterocycles. The van der Waals surface area contributed by atoms with E-state index in [0.717, 1.165) is 17.1 Å². The maximum absolute atomic E-state index is 5.03. The molecule has 1 rings (SSSR count). The van der Waals surface area contributed by atoms with Crippen LogP contribution in [0.15, 0.2) is 0 Å². The Morgan fingerprint density at radius 1 is 1.73 bits per heavy atom. The van der Waals surface area contributed by atoms with Crippen molar-refractivity contribution in [3.05, 3.63) is 6.42 Å². The number of rotatable bonds is 3. The van der Waals surface area contributed by atoms with Crippen molar-refractivity contribution in [3.8, 4) is 0 Å². The highest BCUT2D eigenvalue weighted by molar-refractivity contribution is 14.1. The molecule has 0 saturated carbocycles. The third kappa shape index (κ3) is 3.71. The summed E-state index contributed by atoms with van der Waals surface area (Å²) in [6, 6.07) is 0. The fourth-order valence-electron chi connectivity index (χ4n) is 1.27. The largest absolute Gasteiger partial charge is 0.383 e. The zero-order valence-electron chi connectivity index (χ0n) is 6.92. The first-order valence-corrected chi connectivity index (χ1v) is 5.26. The Morgan fingerprint density at radius 2 is 2.55 bits per heavy atom. The maximum atomic E-state index is 5.03. The first kappa shape index (κ1) is 9.74. The van der Waals surface area contributed by atoms with Crippen LogP contribution in [-0.4, -0.2) is 42.2 Å². The summed E-state index contributed by atoms with van der Waals surface area (Å²) >= 11 is 2.49. The molecular weight excluding hydrogens is 253 g/mol. The minimum Gasteiger partial charge on any atom is -0.383 e. The highest BCUT2D eigenvalue weighted by Gasteiger charge is 2.16. The van der Waals surface area contributed by atoms with Crippen molar-refractivity contribution < 1.29 is 4.74 Å². The second-order valence-electron chi connectivity index (χ2n) is 2.83. The monoisotopic (exact) mass is 268 g/mol. The third-order valence-electron chi connectivity index (χ3n) is 1.91. The zero-order valence-corrected chi connectivity index (χ0v) is 9.08. The normalized spacial score (nSPS) is 27.3. The van der Waals surface area contributed by atoms with E-state index in [-0.39, 0.29) is 0 Å². The van der Waals surface area contributed by atoms with Crippen molar-refractivity contribution in [2.45, 2.75) is 10.3 Å². The lowest BCUT2D eigenvalue weighted by Crippen LogP contribution is -2.37. The lowest BCUT2D eigenvalue weighted by Gasteiger charge is -2.29. The first-order chi connectivity index (χ1) is 5.33. The Balaban J connectivity index is 2.12. The summed E-state index contributed by atoms with van der Waals surface area (Å²) in [6.45, 7) is 4.36. The SMILES string of the molecule is COCCN1CC[CH]C(I)C1. The zero-order chi connectivity index (χ0) is 8.10. The van der Waals surface area contributed by atoms with E-state index in [0.29, 0.717) is 0 Å². The van der Waals surface area contributed by atoms with Crippen LogP contribution in [0.2, 0.25) is 0 Å². The molecule has 1 heterocycles. The summed E-state index contributed by atoms with van der Waals surface area (Å²) in [4.78, 5) is 2.46. The van der Waals surface area contributed by atoms with Gasteiger partial charge >= 0.3 is 0 Å². The van der Waals surface area contributed by atoms with E-state index in [1.54, 1.807) is 7.11 Å². The molecular formula is C8H15INO. The van der Waals surface area contributed by atoms with Gasteiger partial charge < -0.3 is 4.74 Å². The Kier molecular flexibility index (Phi) is 4.71. The molecule has 0 amide bonds. The second kappa shape index (κ2) is 5.32. The van der Waals surface area contributed by atoms with Gasteiger partial charge in [-0.25, -0.2) is 0 Å². The topological polar surface area (TPSA) is 12.5 Å². The lowest BCUT2D eigenvalue weighted by atomic mass is 10.1. The van der Waals surface area contributed by atoms with E-state index < -0.39 is 0 Å². The fourth-order valence-corrected chi connectivity index (χ4v) is 2.19. The number of piperidine rings is 1. The number of methoxy groups -OCH3 is 1. The van der Waals surface area contributed by atoms with Gasteiger partial charge in [-0.15, -0.1) is 0 Å². The number of likely N-dealkylation sites (tertiary alicyclic amines) is 1. The van der Waals surface area contributed by atoms with Crippen LogP contribution < -0.4 is 0 Å². The van der Waals surface area contributed by atoms with Crippen LogP contribution in [0.25, 0.3) is 0 Å². The second-order valence-corrected chi connectivity index (χ2v) is 4.43. The molecule has 3 heteroatoms. The van der Waals surface area contributed by atoms with Crippen LogP contribution in [0.3, 0.4) is 0 Å². The summed E-state index contributed by atoms with van der Waals surface area (Å²) in [5.74, 6) is 0. The van der Waals surface area contributed by atoms with Crippen LogP contribution in [0.1, 0.15) is 6.42 Å².